The van der Waals surface area contributed by atoms with E-state index in [1.54, 1.807) is 0 Å². The first-order chi connectivity index (χ1) is 9.25. The van der Waals surface area contributed by atoms with Gasteiger partial charge in [0.15, 0.2) is 0 Å². The number of piperidine rings is 1. The van der Waals surface area contributed by atoms with Crippen molar-refractivity contribution in [3.63, 3.8) is 0 Å². The zero-order chi connectivity index (χ0) is 15.3. The van der Waals surface area contributed by atoms with Crippen molar-refractivity contribution in [3.8, 4) is 0 Å². The Labute approximate surface area is 122 Å². The molecule has 1 saturated heterocycles. The van der Waals surface area contributed by atoms with Gasteiger partial charge in [-0.3, -0.25) is 4.79 Å². The molecule has 1 amide bonds. The Hall–Kier alpha value is -0.660. The molecule has 0 aliphatic carbocycles. The molecule has 1 rings (SSSR count). The number of amides is 1. The Kier molecular flexibility index (Phi) is 6.42. The predicted octanol–water partition coefficient (Wildman–Crippen LogP) is 0.667. The molecule has 0 spiro atoms. The Morgan fingerprint density at radius 1 is 1.40 bits per heavy atom. The van der Waals surface area contributed by atoms with Crippen molar-refractivity contribution < 1.29 is 13.2 Å². The number of hydrogen-bond acceptors (Lipinski definition) is 3. The van der Waals surface area contributed by atoms with Crippen molar-refractivity contribution in [2.24, 2.45) is 11.8 Å². The summed E-state index contributed by atoms with van der Waals surface area (Å²) in [7, 11) is -0.383. The average molecular weight is 305 g/mol. The van der Waals surface area contributed by atoms with Gasteiger partial charge in [0.25, 0.3) is 10.2 Å². The van der Waals surface area contributed by atoms with Gasteiger partial charge in [0, 0.05) is 33.7 Å². The first-order valence-corrected chi connectivity index (χ1v) is 8.60. The predicted molar refractivity (Wildman–Crippen MR) is 79.4 cm³/mol. The highest BCUT2D eigenvalue weighted by Crippen LogP contribution is 2.20. The number of carbonyl (C=O) groups excluding carboxylic acids is 1. The summed E-state index contributed by atoms with van der Waals surface area (Å²) in [6, 6.07) is 0. The van der Waals surface area contributed by atoms with Crippen LogP contribution in [0.25, 0.3) is 0 Å². The van der Waals surface area contributed by atoms with E-state index in [1.165, 1.54) is 22.7 Å². The minimum atomic E-state index is -3.41. The fourth-order valence-corrected chi connectivity index (χ4v) is 3.42. The third kappa shape index (κ3) is 4.71. The molecule has 0 unspecified atom stereocenters. The second kappa shape index (κ2) is 7.38. The van der Waals surface area contributed by atoms with Crippen LogP contribution < -0.4 is 5.32 Å². The van der Waals surface area contributed by atoms with Crippen LogP contribution in [0.5, 0.6) is 0 Å². The molecule has 0 aromatic heterocycles. The van der Waals surface area contributed by atoms with Crippen LogP contribution in [-0.4, -0.2) is 56.7 Å². The van der Waals surface area contributed by atoms with Gasteiger partial charge < -0.3 is 5.32 Å². The molecule has 1 N–H and O–H groups in total. The van der Waals surface area contributed by atoms with Crippen LogP contribution in [-0.2, 0) is 15.0 Å². The van der Waals surface area contributed by atoms with Crippen molar-refractivity contribution in [1.82, 2.24) is 13.9 Å². The van der Waals surface area contributed by atoms with Crippen LogP contribution in [0.4, 0.5) is 0 Å². The van der Waals surface area contributed by atoms with Crippen LogP contribution in [0, 0.1) is 11.8 Å². The molecule has 1 aliphatic rings. The monoisotopic (exact) mass is 305 g/mol. The molecule has 1 heterocycles. The normalized spacial score (nSPS) is 21.4. The summed E-state index contributed by atoms with van der Waals surface area (Å²) in [6.45, 7) is 5.66. The Balaban J connectivity index is 2.54. The van der Waals surface area contributed by atoms with Crippen molar-refractivity contribution >= 4 is 16.1 Å². The van der Waals surface area contributed by atoms with Gasteiger partial charge in [-0.05, 0) is 25.2 Å². The summed E-state index contributed by atoms with van der Waals surface area (Å²) >= 11 is 0. The Bertz CT molecular complexity index is 421. The van der Waals surface area contributed by atoms with Crippen LogP contribution in [0.3, 0.4) is 0 Å². The third-order valence-electron chi connectivity index (χ3n) is 3.56. The van der Waals surface area contributed by atoms with Crippen LogP contribution in [0.1, 0.15) is 33.1 Å². The molecule has 1 fully saturated rings. The van der Waals surface area contributed by atoms with E-state index in [4.69, 9.17) is 0 Å². The van der Waals surface area contributed by atoms with E-state index in [-0.39, 0.29) is 18.4 Å². The quantitative estimate of drug-likeness (QED) is 0.784. The summed E-state index contributed by atoms with van der Waals surface area (Å²) in [4.78, 5) is 12.1. The van der Waals surface area contributed by atoms with Gasteiger partial charge in [-0.25, -0.2) is 0 Å². The van der Waals surface area contributed by atoms with E-state index in [0.717, 1.165) is 19.3 Å². The fraction of sp³-hybridized carbons (Fsp3) is 0.923. The minimum Gasteiger partial charge on any atom is -0.356 e. The summed E-state index contributed by atoms with van der Waals surface area (Å²) in [5.74, 6) is 0.294. The highest BCUT2D eigenvalue weighted by Gasteiger charge is 2.33. The zero-order valence-electron chi connectivity index (χ0n) is 12.9. The second-order valence-electron chi connectivity index (χ2n) is 5.96. The molecule has 7 heteroatoms. The maximum atomic E-state index is 12.1. The Morgan fingerprint density at radius 3 is 2.60 bits per heavy atom. The molecule has 0 saturated carbocycles. The van der Waals surface area contributed by atoms with Gasteiger partial charge in [0.05, 0.1) is 5.92 Å². The molecule has 1 atom stereocenters. The molecule has 118 valence electrons. The van der Waals surface area contributed by atoms with E-state index in [2.05, 4.69) is 19.2 Å². The number of hydrogen-bond donors (Lipinski definition) is 1. The topological polar surface area (TPSA) is 69.7 Å². The van der Waals surface area contributed by atoms with Gasteiger partial charge in [0.2, 0.25) is 5.91 Å². The van der Waals surface area contributed by atoms with E-state index < -0.39 is 10.2 Å². The largest absolute Gasteiger partial charge is 0.356 e. The van der Waals surface area contributed by atoms with Crippen molar-refractivity contribution in [3.05, 3.63) is 0 Å². The molecular weight excluding hydrogens is 278 g/mol. The van der Waals surface area contributed by atoms with Gasteiger partial charge in [0.1, 0.15) is 0 Å². The van der Waals surface area contributed by atoms with Crippen LogP contribution in [0.2, 0.25) is 0 Å². The molecule has 0 aromatic rings. The maximum absolute atomic E-state index is 12.1. The smallest absolute Gasteiger partial charge is 0.281 e. The molecule has 0 aromatic carbocycles. The van der Waals surface area contributed by atoms with Crippen LogP contribution in [0.15, 0.2) is 0 Å². The first-order valence-electron chi connectivity index (χ1n) is 7.20. The molecule has 6 nitrogen and oxygen atoms in total. The Morgan fingerprint density at radius 2 is 2.05 bits per heavy atom. The highest BCUT2D eigenvalue weighted by atomic mass is 32.2. The molecular formula is C13H27N3O3S. The molecule has 0 bridgehead atoms. The van der Waals surface area contributed by atoms with E-state index in [0.29, 0.717) is 19.0 Å². The van der Waals surface area contributed by atoms with Gasteiger partial charge in [-0.15, -0.1) is 0 Å². The molecule has 0 radical (unpaired) electrons. The summed E-state index contributed by atoms with van der Waals surface area (Å²) < 4.78 is 26.8. The SMILES string of the molecule is CC(C)CCNC(=O)[C@H]1CCCN(S(=O)(=O)N(C)C)C1. The highest BCUT2D eigenvalue weighted by molar-refractivity contribution is 7.86. The molecule has 1 aliphatic heterocycles. The van der Waals surface area contributed by atoms with Crippen molar-refractivity contribution in [2.45, 2.75) is 33.1 Å². The van der Waals surface area contributed by atoms with E-state index >= 15 is 0 Å². The van der Waals surface area contributed by atoms with Gasteiger partial charge in [-0.1, -0.05) is 13.8 Å². The van der Waals surface area contributed by atoms with Crippen molar-refractivity contribution in [2.75, 3.05) is 33.7 Å². The number of carbonyl (C=O) groups is 1. The third-order valence-corrected chi connectivity index (χ3v) is 5.47. The standard InChI is InChI=1S/C13H27N3O3S/c1-11(2)7-8-14-13(17)12-6-5-9-16(10-12)20(18,19)15(3)4/h11-12H,5-10H2,1-4H3,(H,14,17)/t12-/m0/s1. The lowest BCUT2D eigenvalue weighted by molar-refractivity contribution is -0.126. The summed E-state index contributed by atoms with van der Waals surface area (Å²) in [5, 5.41) is 2.91. The minimum absolute atomic E-state index is 0.0238. The lowest BCUT2D eigenvalue weighted by Crippen LogP contribution is -2.48. The number of rotatable bonds is 6. The average Bonchev–Trinajstić information content (AvgIpc) is 2.38. The maximum Gasteiger partial charge on any atom is 0.281 e. The molecule has 20 heavy (non-hydrogen) atoms. The summed E-state index contributed by atoms with van der Waals surface area (Å²) in [5.41, 5.74) is 0. The van der Waals surface area contributed by atoms with E-state index in [1.807, 2.05) is 0 Å². The van der Waals surface area contributed by atoms with Gasteiger partial charge in [-0.2, -0.15) is 17.0 Å². The fourth-order valence-electron chi connectivity index (χ4n) is 2.23. The van der Waals surface area contributed by atoms with E-state index in [9.17, 15) is 13.2 Å². The van der Waals surface area contributed by atoms with Crippen LogP contribution >= 0.6 is 0 Å². The lowest BCUT2D eigenvalue weighted by Gasteiger charge is -2.32. The zero-order valence-corrected chi connectivity index (χ0v) is 13.7. The lowest BCUT2D eigenvalue weighted by atomic mass is 9.98. The summed E-state index contributed by atoms with van der Waals surface area (Å²) in [6.07, 6.45) is 2.43. The second-order valence-corrected chi connectivity index (χ2v) is 8.10. The number of nitrogens with one attached hydrogen (secondary N) is 1. The number of nitrogens with zero attached hydrogens (tertiary/aromatic N) is 2. The van der Waals surface area contributed by atoms with Crippen molar-refractivity contribution in [1.29, 1.82) is 0 Å². The van der Waals surface area contributed by atoms with Gasteiger partial charge >= 0.3 is 0 Å². The first kappa shape index (κ1) is 17.4.